The van der Waals surface area contributed by atoms with Crippen molar-refractivity contribution in [1.82, 2.24) is 0 Å². The van der Waals surface area contributed by atoms with Gasteiger partial charge in [0.25, 0.3) is 0 Å². The molecule has 2 aliphatic rings. The first-order valence-electron chi connectivity index (χ1n) is 36.4. The fraction of sp³-hybridized carbons (Fsp3) is 0.0200. The summed E-state index contributed by atoms with van der Waals surface area (Å²) in [5, 5.41) is 9.77. The van der Waals surface area contributed by atoms with Gasteiger partial charge < -0.3 is 19.6 Å². The molecule has 4 nitrogen and oxygen atoms in total. The molecule has 0 fully saturated rings. The van der Waals surface area contributed by atoms with Gasteiger partial charge in [-0.15, -0.1) is 22.7 Å². The molecule has 2 aliphatic heterocycles. The summed E-state index contributed by atoms with van der Waals surface area (Å²) in [6.45, 7) is 0. The maximum atomic E-state index is 2.55. The number of anilines is 12. The van der Waals surface area contributed by atoms with Gasteiger partial charge >= 0.3 is 0 Å². The molecule has 0 saturated carbocycles. The number of hydrogen-bond acceptors (Lipinski definition) is 6. The molecule has 2 aromatic heterocycles. The Morgan fingerprint density at radius 3 is 0.887 bits per heavy atom. The molecule has 19 aromatic rings. The lowest BCUT2D eigenvalue weighted by Gasteiger charge is -2.46. The highest BCUT2D eigenvalue weighted by atomic mass is 32.1. The second-order valence-electron chi connectivity index (χ2n) is 27.9. The molecule has 2 atom stereocenters. The van der Waals surface area contributed by atoms with Crippen molar-refractivity contribution in [2.24, 2.45) is 0 Å². The van der Waals surface area contributed by atoms with E-state index in [9.17, 15) is 0 Å². The van der Waals surface area contributed by atoms with Crippen molar-refractivity contribution in [2.45, 2.75) is 10.8 Å². The summed E-state index contributed by atoms with van der Waals surface area (Å²) in [6, 6.07) is 149. The summed E-state index contributed by atoms with van der Waals surface area (Å²) in [7, 11) is 0. The zero-order valence-electron chi connectivity index (χ0n) is 57.7. The van der Waals surface area contributed by atoms with Crippen molar-refractivity contribution in [3.63, 3.8) is 0 Å². The molecule has 2 unspecified atom stereocenters. The highest BCUT2D eigenvalue weighted by molar-refractivity contribution is 7.26. The monoisotopic (exact) mass is 1390 g/mol. The lowest BCUT2D eigenvalue weighted by molar-refractivity contribution is 0.733. The van der Waals surface area contributed by atoms with Crippen LogP contribution in [0.25, 0.3) is 61.9 Å². The number of benzene rings is 17. The van der Waals surface area contributed by atoms with E-state index in [0.29, 0.717) is 0 Å². The molecule has 106 heavy (non-hydrogen) atoms. The molecule has 0 radical (unpaired) electrons. The number of fused-ring (bicyclic) bond motifs is 12. The summed E-state index contributed by atoms with van der Waals surface area (Å²) >= 11 is 3.75. The Labute approximate surface area is 623 Å². The molecule has 498 valence electrons. The quantitative estimate of drug-likeness (QED) is 0.113. The van der Waals surface area contributed by atoms with Crippen molar-refractivity contribution < 1.29 is 0 Å². The predicted octanol–water partition coefficient (Wildman–Crippen LogP) is 28.0. The Hall–Kier alpha value is -13.1. The Morgan fingerprint density at radius 2 is 0.509 bits per heavy atom. The lowest BCUT2D eigenvalue weighted by atomic mass is 9.62. The second-order valence-corrected chi connectivity index (χ2v) is 30.1. The Kier molecular flexibility index (Phi) is 14.4. The van der Waals surface area contributed by atoms with Crippen LogP contribution in [-0.2, 0) is 10.8 Å². The predicted molar refractivity (Wildman–Crippen MR) is 450 cm³/mol. The zero-order chi connectivity index (χ0) is 69.9. The third-order valence-electron chi connectivity index (χ3n) is 22.2. The largest absolute Gasteiger partial charge is 0.311 e. The van der Waals surface area contributed by atoms with Crippen LogP contribution in [0.1, 0.15) is 44.5 Å². The van der Waals surface area contributed by atoms with Crippen LogP contribution in [0, 0.1) is 0 Å². The van der Waals surface area contributed by atoms with Crippen LogP contribution in [0.4, 0.5) is 68.2 Å². The van der Waals surface area contributed by atoms with E-state index < -0.39 is 10.8 Å². The number of para-hydroxylation sites is 6. The summed E-state index contributed by atoms with van der Waals surface area (Å²) in [6.07, 6.45) is 0. The van der Waals surface area contributed by atoms with Crippen LogP contribution in [0.5, 0.6) is 0 Å². The van der Waals surface area contributed by atoms with Crippen molar-refractivity contribution in [3.8, 4) is 0 Å². The van der Waals surface area contributed by atoms with Gasteiger partial charge in [-0.3, -0.25) is 0 Å². The third-order valence-corrected chi connectivity index (χ3v) is 24.5. The normalized spacial score (nSPS) is 15.2. The van der Waals surface area contributed by atoms with Crippen LogP contribution in [-0.4, -0.2) is 0 Å². The first-order valence-corrected chi connectivity index (χ1v) is 38.0. The molecule has 0 N–H and O–H groups in total. The lowest BCUT2D eigenvalue weighted by Crippen LogP contribution is -2.37. The molecule has 0 bridgehead atoms. The minimum absolute atomic E-state index is 0.726. The minimum Gasteiger partial charge on any atom is -0.311 e. The molecule has 6 heteroatoms. The summed E-state index contributed by atoms with van der Waals surface area (Å²) < 4.78 is 5.07. The van der Waals surface area contributed by atoms with Crippen molar-refractivity contribution in [3.05, 3.63) is 445 Å². The minimum atomic E-state index is -0.726. The maximum Gasteiger partial charge on any atom is 0.0742 e. The van der Waals surface area contributed by atoms with E-state index in [4.69, 9.17) is 0 Å². The fourth-order valence-electron chi connectivity index (χ4n) is 17.7. The van der Waals surface area contributed by atoms with Crippen molar-refractivity contribution in [1.29, 1.82) is 0 Å². The van der Waals surface area contributed by atoms with Gasteiger partial charge in [0.2, 0.25) is 0 Å². The van der Waals surface area contributed by atoms with Crippen LogP contribution in [0.3, 0.4) is 0 Å². The van der Waals surface area contributed by atoms with E-state index in [1.54, 1.807) is 0 Å². The van der Waals surface area contributed by atoms with E-state index >= 15 is 0 Å². The van der Waals surface area contributed by atoms with Gasteiger partial charge in [0.1, 0.15) is 0 Å². The average molecular weight is 1390 g/mol. The second kappa shape index (κ2) is 24.8. The van der Waals surface area contributed by atoms with E-state index in [-0.39, 0.29) is 0 Å². The SMILES string of the molecule is c1ccc(N(c2ccccc2)c2ccc(C3(c4ccccc4)c4ccccc4N(c4ccc5cc6cc(N7c8ccccc8C(c8ccccc8)(c8ccc(N(c9ccccc9)c9ccccc9)cc8)c8cc9c(cc87)sc7ccccc79)ccc6cc5c4)c4cc5sc6ccccc6c5cc43)cc2)cc1. The molecular formula is C100H66N4S2. The molecule has 21 rings (SSSR count). The standard InChI is InChI=1S/C100H66N4S2/c1-7-27-71(28-8-1)99(73-49-55-79(56-50-73)101(75-31-11-3-12-32-75)76-33-13-4-14-34-76)87-41-21-23-43-91(87)103(93-65-97-85(63-89(93)99)83-39-19-25-45-95(83)105-97)81-53-47-67-60-70-62-82(54-48-68(70)59-69(67)61-81)104-92-44-24-22-42-88(92)100(72-29-9-2-10-30-72,90-64-86-84-40-20-26-46-96(84)106-98(86)66-94(90)104)74-51-57-80(58-52-74)102(77-35-15-5-16-36-77)78-37-17-6-18-38-78/h1-66H. The smallest absolute Gasteiger partial charge is 0.0742 e. The molecule has 0 aliphatic carbocycles. The van der Waals surface area contributed by atoms with Gasteiger partial charge in [-0.25, -0.2) is 0 Å². The number of rotatable bonds is 12. The van der Waals surface area contributed by atoms with Crippen LogP contribution >= 0.6 is 22.7 Å². The van der Waals surface area contributed by atoms with Crippen molar-refractivity contribution >= 4 is 153 Å². The molecule has 0 amide bonds. The van der Waals surface area contributed by atoms with E-state index in [2.05, 4.69) is 420 Å². The van der Waals surface area contributed by atoms with E-state index in [1.807, 2.05) is 22.7 Å². The van der Waals surface area contributed by atoms with E-state index in [1.165, 1.54) is 106 Å². The Bertz CT molecular complexity index is 6100. The highest BCUT2D eigenvalue weighted by Crippen LogP contribution is 2.62. The van der Waals surface area contributed by atoms with Gasteiger partial charge in [-0.2, -0.15) is 0 Å². The van der Waals surface area contributed by atoms with Gasteiger partial charge in [-0.05, 0) is 224 Å². The first-order chi connectivity index (χ1) is 52.5. The first kappa shape index (κ1) is 61.6. The summed E-state index contributed by atoms with van der Waals surface area (Å²) in [5.74, 6) is 0. The molecule has 17 aromatic carbocycles. The van der Waals surface area contributed by atoms with Gasteiger partial charge in [-0.1, -0.05) is 243 Å². The average Bonchev–Trinajstić information content (AvgIpc) is 1.02. The van der Waals surface area contributed by atoms with Crippen molar-refractivity contribution in [2.75, 3.05) is 19.6 Å². The van der Waals surface area contributed by atoms with Crippen LogP contribution < -0.4 is 19.6 Å². The maximum absolute atomic E-state index is 2.55. The molecule has 4 heterocycles. The van der Waals surface area contributed by atoms with Gasteiger partial charge in [0, 0.05) is 85.8 Å². The highest BCUT2D eigenvalue weighted by Gasteiger charge is 2.49. The fourth-order valence-corrected chi connectivity index (χ4v) is 19.9. The third kappa shape index (κ3) is 9.58. The van der Waals surface area contributed by atoms with Gasteiger partial charge in [0.05, 0.1) is 33.6 Å². The van der Waals surface area contributed by atoms with Crippen LogP contribution in [0.15, 0.2) is 400 Å². The summed E-state index contributed by atoms with van der Waals surface area (Å²) in [4.78, 5) is 9.81. The topological polar surface area (TPSA) is 13.0 Å². The zero-order valence-corrected chi connectivity index (χ0v) is 59.3. The molecule has 0 spiro atoms. The number of thiophene rings is 2. The molecular weight excluding hydrogens is 1320 g/mol. The Balaban J connectivity index is 0.719. The molecule has 0 saturated heterocycles. The van der Waals surface area contributed by atoms with Gasteiger partial charge in [0.15, 0.2) is 0 Å². The number of hydrogen-bond donors (Lipinski definition) is 0. The number of nitrogens with zero attached hydrogens (tertiary/aromatic N) is 4. The van der Waals surface area contributed by atoms with Crippen LogP contribution in [0.2, 0.25) is 0 Å². The Morgan fingerprint density at radius 1 is 0.198 bits per heavy atom. The van der Waals surface area contributed by atoms with E-state index in [0.717, 1.165) is 68.2 Å². The summed E-state index contributed by atoms with van der Waals surface area (Å²) in [5.41, 5.74) is 21.7.